The lowest BCUT2D eigenvalue weighted by Gasteiger charge is -2.40. The molecule has 2 saturated heterocycles. The Morgan fingerprint density at radius 2 is 1.50 bits per heavy atom. The largest absolute Gasteiger partial charge is 0.497 e. The van der Waals surface area contributed by atoms with E-state index in [4.69, 9.17) is 10.5 Å². The van der Waals surface area contributed by atoms with Gasteiger partial charge in [0.25, 0.3) is 0 Å². The third-order valence-corrected chi connectivity index (χ3v) is 6.62. The minimum absolute atomic E-state index is 0.115. The maximum absolute atomic E-state index is 12.7. The predicted molar refractivity (Wildman–Crippen MR) is 135 cm³/mol. The van der Waals surface area contributed by atoms with Crippen molar-refractivity contribution in [1.82, 2.24) is 9.80 Å². The van der Waals surface area contributed by atoms with E-state index in [0.29, 0.717) is 19.6 Å². The summed E-state index contributed by atoms with van der Waals surface area (Å²) in [7, 11) is 3.77. The van der Waals surface area contributed by atoms with Crippen molar-refractivity contribution in [2.45, 2.75) is 6.04 Å². The van der Waals surface area contributed by atoms with Gasteiger partial charge in [0.15, 0.2) is 0 Å². The molecule has 3 N–H and O–H groups in total. The second-order valence-corrected chi connectivity index (χ2v) is 8.92. The molecule has 2 aliphatic rings. The number of ether oxygens (including phenoxy) is 1. The molecule has 182 valence electrons. The van der Waals surface area contributed by atoms with Gasteiger partial charge in [-0.3, -0.25) is 14.5 Å². The number of hydrogen-bond acceptors (Lipinski definition) is 7. The molecule has 0 aliphatic carbocycles. The quantitative estimate of drug-likeness (QED) is 0.630. The monoisotopic (exact) mass is 466 g/mol. The maximum atomic E-state index is 12.7. The van der Waals surface area contributed by atoms with E-state index >= 15 is 0 Å². The van der Waals surface area contributed by atoms with Crippen molar-refractivity contribution < 1.29 is 14.3 Å². The molecule has 0 radical (unpaired) electrons. The Hall–Kier alpha value is -3.30. The van der Waals surface area contributed by atoms with Crippen LogP contribution < -0.4 is 25.6 Å². The van der Waals surface area contributed by atoms with Crippen LogP contribution >= 0.6 is 0 Å². The molecule has 2 aromatic carbocycles. The third kappa shape index (κ3) is 5.78. The fourth-order valence-corrected chi connectivity index (χ4v) is 4.51. The smallest absolute Gasteiger partial charge is 0.238 e. The first-order valence-corrected chi connectivity index (χ1v) is 11.7. The normalized spacial score (nSPS) is 19.6. The summed E-state index contributed by atoms with van der Waals surface area (Å²) in [6.45, 7) is 5.91. The van der Waals surface area contributed by atoms with Crippen LogP contribution in [0, 0.1) is 0 Å². The van der Waals surface area contributed by atoms with Gasteiger partial charge in [0.05, 0.1) is 13.7 Å². The number of hydrogen-bond donors (Lipinski definition) is 2. The molecular formula is C25H34N6O3. The molecule has 0 unspecified atom stereocenters. The van der Waals surface area contributed by atoms with Crippen LogP contribution in [0.1, 0.15) is 0 Å². The molecule has 1 atom stereocenters. The first-order chi connectivity index (χ1) is 16.4. The number of nitrogens with two attached hydrogens (primary N) is 1. The van der Waals surface area contributed by atoms with Gasteiger partial charge in [-0.2, -0.15) is 0 Å². The average molecular weight is 467 g/mol. The SMILES string of the molecule is COc1ccc(N2CCN(CC(=O)Nc3ccc(N4CCN(C)CC4)cc3)[C@@H](C(N)=O)C2)cc1. The summed E-state index contributed by atoms with van der Waals surface area (Å²) in [4.78, 5) is 33.6. The zero-order valence-corrected chi connectivity index (χ0v) is 19.9. The van der Waals surface area contributed by atoms with Gasteiger partial charge in [0.1, 0.15) is 11.8 Å². The van der Waals surface area contributed by atoms with Crippen molar-refractivity contribution in [3.63, 3.8) is 0 Å². The van der Waals surface area contributed by atoms with Crippen LogP contribution in [0.5, 0.6) is 5.75 Å². The van der Waals surface area contributed by atoms with E-state index in [-0.39, 0.29) is 12.5 Å². The number of benzene rings is 2. The highest BCUT2D eigenvalue weighted by molar-refractivity contribution is 5.93. The highest BCUT2D eigenvalue weighted by atomic mass is 16.5. The first kappa shape index (κ1) is 23.8. The summed E-state index contributed by atoms with van der Waals surface area (Å²) in [5.41, 5.74) is 8.61. The number of rotatable bonds is 7. The molecule has 9 nitrogen and oxygen atoms in total. The summed E-state index contributed by atoms with van der Waals surface area (Å²) in [6, 6.07) is 15.1. The molecule has 0 spiro atoms. The minimum Gasteiger partial charge on any atom is -0.497 e. The molecular weight excluding hydrogens is 432 g/mol. The number of nitrogens with one attached hydrogen (secondary N) is 1. The lowest BCUT2D eigenvalue weighted by Crippen LogP contribution is -2.59. The minimum atomic E-state index is -0.541. The highest BCUT2D eigenvalue weighted by Gasteiger charge is 2.32. The van der Waals surface area contributed by atoms with Gasteiger partial charge in [-0.1, -0.05) is 0 Å². The topological polar surface area (TPSA) is 94.4 Å². The van der Waals surface area contributed by atoms with Gasteiger partial charge >= 0.3 is 0 Å². The number of piperazine rings is 2. The van der Waals surface area contributed by atoms with E-state index in [0.717, 1.165) is 49.0 Å². The van der Waals surface area contributed by atoms with Crippen molar-refractivity contribution in [2.75, 3.05) is 81.6 Å². The van der Waals surface area contributed by atoms with Gasteiger partial charge in [0.2, 0.25) is 11.8 Å². The molecule has 2 fully saturated rings. The summed E-state index contributed by atoms with van der Waals surface area (Å²) in [5, 5.41) is 2.95. The third-order valence-electron chi connectivity index (χ3n) is 6.62. The van der Waals surface area contributed by atoms with Crippen LogP contribution in [0.3, 0.4) is 0 Å². The standard InChI is InChI=1S/C25H34N6O3/c1-28-11-13-29(14-12-28)20-5-3-19(4-6-20)27-24(32)18-31-16-15-30(17-23(31)25(26)33)21-7-9-22(34-2)10-8-21/h3-10,23H,11-18H2,1-2H3,(H2,26,33)(H,27,32)/t23-/m1/s1. The van der Waals surface area contributed by atoms with E-state index in [1.165, 1.54) is 0 Å². The van der Waals surface area contributed by atoms with Crippen molar-refractivity contribution in [3.8, 4) is 5.75 Å². The molecule has 0 bridgehead atoms. The van der Waals surface area contributed by atoms with E-state index < -0.39 is 11.9 Å². The molecule has 34 heavy (non-hydrogen) atoms. The molecule has 0 saturated carbocycles. The summed E-state index contributed by atoms with van der Waals surface area (Å²) < 4.78 is 5.22. The summed E-state index contributed by atoms with van der Waals surface area (Å²) >= 11 is 0. The fraction of sp³-hybridized carbons (Fsp3) is 0.440. The molecule has 0 aromatic heterocycles. The Bertz CT molecular complexity index is 973. The molecule has 2 aromatic rings. The van der Waals surface area contributed by atoms with Gasteiger partial charge in [0, 0.05) is 62.9 Å². The number of carbonyl (C=O) groups excluding carboxylic acids is 2. The van der Waals surface area contributed by atoms with E-state index in [1.54, 1.807) is 7.11 Å². The number of likely N-dealkylation sites (N-methyl/N-ethyl adjacent to an activating group) is 1. The highest BCUT2D eigenvalue weighted by Crippen LogP contribution is 2.23. The van der Waals surface area contributed by atoms with Crippen molar-refractivity contribution in [1.29, 1.82) is 0 Å². The Kier molecular flexibility index (Phi) is 7.54. The molecule has 2 amide bonds. The lowest BCUT2D eigenvalue weighted by atomic mass is 10.1. The van der Waals surface area contributed by atoms with Gasteiger partial charge in [-0.25, -0.2) is 0 Å². The molecule has 4 rings (SSSR count). The molecule has 2 heterocycles. The number of anilines is 3. The van der Waals surface area contributed by atoms with E-state index in [9.17, 15) is 9.59 Å². The summed E-state index contributed by atoms with van der Waals surface area (Å²) in [5.74, 6) is 0.195. The van der Waals surface area contributed by atoms with Gasteiger partial charge in [-0.05, 0) is 55.6 Å². The van der Waals surface area contributed by atoms with E-state index in [2.05, 4.69) is 27.1 Å². The van der Waals surface area contributed by atoms with Crippen molar-refractivity contribution >= 4 is 28.9 Å². The van der Waals surface area contributed by atoms with Crippen LogP contribution in [-0.2, 0) is 9.59 Å². The van der Waals surface area contributed by atoms with Crippen molar-refractivity contribution in [2.24, 2.45) is 5.73 Å². The number of methoxy groups -OCH3 is 1. The number of nitrogens with zero attached hydrogens (tertiary/aromatic N) is 4. The second-order valence-electron chi connectivity index (χ2n) is 8.92. The Labute approximate surface area is 201 Å². The van der Waals surface area contributed by atoms with Crippen LogP contribution in [0.25, 0.3) is 0 Å². The zero-order valence-electron chi connectivity index (χ0n) is 19.9. The van der Waals surface area contributed by atoms with Crippen LogP contribution in [-0.4, -0.2) is 94.2 Å². The van der Waals surface area contributed by atoms with Gasteiger partial charge < -0.3 is 30.5 Å². The lowest BCUT2D eigenvalue weighted by molar-refractivity contribution is -0.125. The predicted octanol–water partition coefficient (Wildman–Crippen LogP) is 1.06. The van der Waals surface area contributed by atoms with Crippen LogP contribution in [0.15, 0.2) is 48.5 Å². The molecule has 2 aliphatic heterocycles. The van der Waals surface area contributed by atoms with E-state index in [1.807, 2.05) is 53.4 Å². The van der Waals surface area contributed by atoms with Crippen molar-refractivity contribution in [3.05, 3.63) is 48.5 Å². The van der Waals surface area contributed by atoms with Gasteiger partial charge in [-0.15, -0.1) is 0 Å². The van der Waals surface area contributed by atoms with Crippen LogP contribution in [0.2, 0.25) is 0 Å². The first-order valence-electron chi connectivity index (χ1n) is 11.7. The van der Waals surface area contributed by atoms with Crippen LogP contribution in [0.4, 0.5) is 17.1 Å². The molecule has 9 heteroatoms. The average Bonchev–Trinajstić information content (AvgIpc) is 2.85. The number of carbonyl (C=O) groups is 2. The maximum Gasteiger partial charge on any atom is 0.238 e. The number of primary amides is 1. The number of amides is 2. The Morgan fingerprint density at radius 3 is 2.12 bits per heavy atom. The Morgan fingerprint density at radius 1 is 0.912 bits per heavy atom. The second kappa shape index (κ2) is 10.8. The fourth-order valence-electron chi connectivity index (χ4n) is 4.51. The Balaban J connectivity index is 1.32. The summed E-state index contributed by atoms with van der Waals surface area (Å²) in [6.07, 6.45) is 0. The zero-order chi connectivity index (χ0) is 24.1.